The third-order valence-electron chi connectivity index (χ3n) is 4.87. The molecule has 1 fully saturated rings. The lowest BCUT2D eigenvalue weighted by atomic mass is 10.0. The molecule has 2 aromatic rings. The molecule has 1 saturated heterocycles. The Kier molecular flexibility index (Phi) is 6.24. The Balaban J connectivity index is 1.66. The molecular weight excluding hydrogens is 340 g/mol. The summed E-state index contributed by atoms with van der Waals surface area (Å²) in [5.41, 5.74) is 2.31. The number of likely N-dealkylation sites (tertiary alicyclic amines) is 1. The molecule has 1 aliphatic heterocycles. The van der Waals surface area contributed by atoms with Gasteiger partial charge < -0.3 is 10.1 Å². The van der Waals surface area contributed by atoms with Crippen molar-refractivity contribution in [3.8, 4) is 5.75 Å². The Labute approximate surface area is 160 Å². The summed E-state index contributed by atoms with van der Waals surface area (Å²) in [5, 5.41) is 2.90. The molecule has 1 N–H and O–H groups in total. The molecule has 1 atom stereocenters. The van der Waals surface area contributed by atoms with Crippen LogP contribution in [-0.2, 0) is 4.79 Å². The fraction of sp³-hybridized carbons (Fsp3) is 0.364. The average molecular weight is 366 g/mol. The van der Waals surface area contributed by atoms with Crippen molar-refractivity contribution in [2.45, 2.75) is 32.7 Å². The summed E-state index contributed by atoms with van der Waals surface area (Å²) in [5.74, 6) is 0.713. The van der Waals surface area contributed by atoms with Gasteiger partial charge in [-0.25, -0.2) is 0 Å². The van der Waals surface area contributed by atoms with Crippen molar-refractivity contribution in [2.24, 2.45) is 0 Å². The van der Waals surface area contributed by atoms with E-state index in [4.69, 9.17) is 4.74 Å². The van der Waals surface area contributed by atoms with Crippen molar-refractivity contribution < 1.29 is 14.3 Å². The van der Waals surface area contributed by atoms with Gasteiger partial charge in [-0.2, -0.15) is 0 Å². The van der Waals surface area contributed by atoms with E-state index in [0.717, 1.165) is 25.1 Å². The number of para-hydroxylation sites is 1. The summed E-state index contributed by atoms with van der Waals surface area (Å²) < 4.78 is 5.51. The fourth-order valence-corrected chi connectivity index (χ4v) is 3.62. The molecule has 1 amide bonds. The molecule has 0 aromatic heterocycles. The fourth-order valence-electron chi connectivity index (χ4n) is 3.62. The number of rotatable bonds is 7. The summed E-state index contributed by atoms with van der Waals surface area (Å²) in [6.07, 6.45) is 2.10. The molecule has 0 radical (unpaired) electrons. The molecule has 27 heavy (non-hydrogen) atoms. The molecule has 3 rings (SSSR count). The van der Waals surface area contributed by atoms with E-state index in [2.05, 4.69) is 22.3 Å². The maximum atomic E-state index is 12.6. The largest absolute Gasteiger partial charge is 0.494 e. The Hall–Kier alpha value is -2.66. The first-order valence-corrected chi connectivity index (χ1v) is 9.45. The molecule has 1 aliphatic rings. The first kappa shape index (κ1) is 19.1. The van der Waals surface area contributed by atoms with E-state index in [9.17, 15) is 9.59 Å². The van der Waals surface area contributed by atoms with Gasteiger partial charge in [0.05, 0.1) is 18.8 Å². The van der Waals surface area contributed by atoms with Crippen LogP contribution in [0.15, 0.2) is 48.5 Å². The first-order valence-electron chi connectivity index (χ1n) is 9.45. The number of ether oxygens (including phenoxy) is 1. The number of hydrogen-bond donors (Lipinski definition) is 1. The highest BCUT2D eigenvalue weighted by Gasteiger charge is 2.27. The van der Waals surface area contributed by atoms with Gasteiger partial charge in [-0.1, -0.05) is 24.3 Å². The lowest BCUT2D eigenvalue weighted by Gasteiger charge is -2.24. The number of hydrogen-bond acceptors (Lipinski definition) is 4. The van der Waals surface area contributed by atoms with E-state index < -0.39 is 0 Å². The molecular formula is C22H26N2O3. The van der Waals surface area contributed by atoms with Crippen LogP contribution in [0.5, 0.6) is 5.75 Å². The molecule has 0 spiro atoms. The first-order chi connectivity index (χ1) is 13.1. The summed E-state index contributed by atoms with van der Waals surface area (Å²) in [4.78, 5) is 26.5. The lowest BCUT2D eigenvalue weighted by Crippen LogP contribution is -2.33. The van der Waals surface area contributed by atoms with Crippen molar-refractivity contribution in [3.05, 3.63) is 59.7 Å². The van der Waals surface area contributed by atoms with Gasteiger partial charge in [-0.05, 0) is 63.1 Å². The van der Waals surface area contributed by atoms with Crippen LogP contribution in [-0.4, -0.2) is 36.3 Å². The number of amides is 1. The smallest absolute Gasteiger partial charge is 0.238 e. The highest BCUT2D eigenvalue weighted by atomic mass is 16.5. The topological polar surface area (TPSA) is 58.6 Å². The number of benzene rings is 2. The molecule has 0 saturated carbocycles. The Morgan fingerprint density at radius 2 is 1.89 bits per heavy atom. The normalized spacial score (nSPS) is 16.9. The number of carbonyl (C=O) groups excluding carboxylic acids is 2. The predicted octanol–water partition coefficient (Wildman–Crippen LogP) is 4.06. The van der Waals surface area contributed by atoms with Crippen molar-refractivity contribution in [3.63, 3.8) is 0 Å². The summed E-state index contributed by atoms with van der Waals surface area (Å²) >= 11 is 0. The minimum absolute atomic E-state index is 0.0562. The van der Waals surface area contributed by atoms with E-state index >= 15 is 0 Å². The molecule has 142 valence electrons. The predicted molar refractivity (Wildman–Crippen MR) is 106 cm³/mol. The van der Waals surface area contributed by atoms with E-state index in [1.165, 1.54) is 12.5 Å². The standard InChI is InChI=1S/C22H26N2O3/c1-3-27-18-12-10-17(11-13-18)21-9-6-14-24(21)15-22(26)23-20-8-5-4-7-19(20)16(2)25/h4-5,7-8,10-13,21H,3,6,9,14-15H2,1-2H3,(H,23,26). The zero-order chi connectivity index (χ0) is 19.2. The quantitative estimate of drug-likeness (QED) is 0.751. The second-order valence-electron chi connectivity index (χ2n) is 6.78. The number of anilines is 1. The zero-order valence-corrected chi connectivity index (χ0v) is 15.9. The van der Waals surface area contributed by atoms with Crippen molar-refractivity contribution in [1.29, 1.82) is 0 Å². The summed E-state index contributed by atoms with van der Waals surface area (Å²) in [6.45, 7) is 5.32. The van der Waals surface area contributed by atoms with Crippen molar-refractivity contribution >= 4 is 17.4 Å². The molecule has 1 heterocycles. The monoisotopic (exact) mass is 366 g/mol. The van der Waals surface area contributed by atoms with Gasteiger partial charge in [0.2, 0.25) is 5.91 Å². The van der Waals surface area contributed by atoms with E-state index in [1.54, 1.807) is 18.2 Å². The third-order valence-corrected chi connectivity index (χ3v) is 4.87. The second kappa shape index (κ2) is 8.82. The van der Waals surface area contributed by atoms with Crippen LogP contribution in [0.25, 0.3) is 0 Å². The highest BCUT2D eigenvalue weighted by molar-refractivity contribution is 6.04. The highest BCUT2D eigenvalue weighted by Crippen LogP contribution is 2.32. The van der Waals surface area contributed by atoms with Crippen molar-refractivity contribution in [2.75, 3.05) is 25.0 Å². The Bertz CT molecular complexity index is 801. The zero-order valence-electron chi connectivity index (χ0n) is 15.9. The van der Waals surface area contributed by atoms with E-state index in [-0.39, 0.29) is 17.7 Å². The van der Waals surface area contributed by atoms with Crippen LogP contribution in [0.2, 0.25) is 0 Å². The maximum absolute atomic E-state index is 12.6. The number of ketones is 1. The van der Waals surface area contributed by atoms with Crippen LogP contribution in [0.1, 0.15) is 48.7 Å². The van der Waals surface area contributed by atoms with Crippen LogP contribution in [0.3, 0.4) is 0 Å². The Morgan fingerprint density at radius 3 is 2.59 bits per heavy atom. The third kappa shape index (κ3) is 4.74. The van der Waals surface area contributed by atoms with Gasteiger partial charge in [-0.3, -0.25) is 14.5 Å². The molecule has 1 unspecified atom stereocenters. The molecule has 0 aliphatic carbocycles. The molecule has 0 bridgehead atoms. The van der Waals surface area contributed by atoms with Gasteiger partial charge in [0, 0.05) is 11.6 Å². The number of nitrogens with zero attached hydrogens (tertiary/aromatic N) is 1. The van der Waals surface area contributed by atoms with E-state index in [0.29, 0.717) is 24.4 Å². The molecule has 5 nitrogen and oxygen atoms in total. The van der Waals surface area contributed by atoms with Crippen LogP contribution < -0.4 is 10.1 Å². The average Bonchev–Trinajstić information content (AvgIpc) is 3.11. The second-order valence-corrected chi connectivity index (χ2v) is 6.78. The van der Waals surface area contributed by atoms with Gasteiger partial charge in [-0.15, -0.1) is 0 Å². The van der Waals surface area contributed by atoms with E-state index in [1.807, 2.05) is 25.1 Å². The van der Waals surface area contributed by atoms with Crippen LogP contribution in [0.4, 0.5) is 5.69 Å². The summed E-state index contributed by atoms with van der Waals surface area (Å²) in [7, 11) is 0. The number of nitrogens with one attached hydrogen (secondary N) is 1. The maximum Gasteiger partial charge on any atom is 0.238 e. The SMILES string of the molecule is CCOc1ccc(C2CCCN2CC(=O)Nc2ccccc2C(C)=O)cc1. The minimum atomic E-state index is -0.0958. The number of carbonyl (C=O) groups is 2. The van der Waals surface area contributed by atoms with Gasteiger partial charge in [0.25, 0.3) is 0 Å². The van der Waals surface area contributed by atoms with Crippen LogP contribution >= 0.6 is 0 Å². The summed E-state index contributed by atoms with van der Waals surface area (Å²) in [6, 6.07) is 15.5. The van der Waals surface area contributed by atoms with Crippen molar-refractivity contribution in [1.82, 2.24) is 4.90 Å². The van der Waals surface area contributed by atoms with Crippen LogP contribution in [0, 0.1) is 0 Å². The number of Topliss-reactive ketones (excluding diaryl/α,β-unsaturated/α-hetero) is 1. The Morgan fingerprint density at radius 1 is 1.15 bits per heavy atom. The van der Waals surface area contributed by atoms with Gasteiger partial charge >= 0.3 is 0 Å². The molecule has 2 aromatic carbocycles. The molecule has 5 heteroatoms. The lowest BCUT2D eigenvalue weighted by molar-refractivity contribution is -0.117. The van der Waals surface area contributed by atoms with Gasteiger partial charge in [0.15, 0.2) is 5.78 Å². The van der Waals surface area contributed by atoms with Gasteiger partial charge in [0.1, 0.15) is 5.75 Å². The minimum Gasteiger partial charge on any atom is -0.494 e.